The zero-order valence-corrected chi connectivity index (χ0v) is 20.0. The zero-order chi connectivity index (χ0) is 24.6. The van der Waals surface area contributed by atoms with Crippen molar-refractivity contribution in [3.05, 3.63) is 65.9 Å². The van der Waals surface area contributed by atoms with E-state index in [4.69, 9.17) is 9.25 Å². The summed E-state index contributed by atoms with van der Waals surface area (Å²) in [6.45, 7) is 1.42. The maximum Gasteiger partial charge on any atom is 0.224 e. The average Bonchev–Trinajstić information content (AvgIpc) is 3.47. The van der Waals surface area contributed by atoms with Crippen LogP contribution in [-0.2, 0) is 20.8 Å². The van der Waals surface area contributed by atoms with Crippen molar-refractivity contribution in [3.8, 4) is 0 Å². The van der Waals surface area contributed by atoms with Crippen molar-refractivity contribution in [2.45, 2.75) is 31.9 Å². The van der Waals surface area contributed by atoms with Gasteiger partial charge in [-0.1, -0.05) is 30.3 Å². The van der Waals surface area contributed by atoms with Gasteiger partial charge in [-0.25, -0.2) is 15.3 Å². The first-order valence-corrected chi connectivity index (χ1v) is 11.7. The number of carbonyl (C=O) groups excluding carboxylic acids is 2. The second-order valence-corrected chi connectivity index (χ2v) is 8.77. The van der Waals surface area contributed by atoms with Crippen molar-refractivity contribution in [1.29, 1.82) is 0 Å². The molecule has 0 saturated carbocycles. The summed E-state index contributed by atoms with van der Waals surface area (Å²) in [4.78, 5) is 36.4. The Balaban J connectivity index is 1.17. The van der Waals surface area contributed by atoms with Gasteiger partial charge in [0.25, 0.3) is 0 Å². The number of carbonyl (C=O) groups is 2. The number of nitrogens with zero attached hydrogens (tertiary/aromatic N) is 2. The van der Waals surface area contributed by atoms with E-state index in [0.717, 1.165) is 23.1 Å². The van der Waals surface area contributed by atoms with Gasteiger partial charge in [0.2, 0.25) is 11.8 Å². The van der Waals surface area contributed by atoms with Gasteiger partial charge >= 0.3 is 0 Å². The molecule has 0 radical (unpaired) electrons. The van der Waals surface area contributed by atoms with Gasteiger partial charge < -0.3 is 20.0 Å². The minimum Gasteiger partial charge on any atom is -0.453 e. The van der Waals surface area contributed by atoms with Gasteiger partial charge in [-0.3, -0.25) is 9.59 Å². The molecular formula is C26H31N5O4. The lowest BCUT2D eigenvalue weighted by Gasteiger charge is -2.11. The number of amidine groups is 1. The van der Waals surface area contributed by atoms with Crippen LogP contribution < -0.4 is 16.1 Å². The number of hydrogen-bond donors (Lipinski definition) is 3. The summed E-state index contributed by atoms with van der Waals surface area (Å²) in [5.41, 5.74) is 5.22. The Morgan fingerprint density at radius 1 is 1.09 bits per heavy atom. The molecule has 0 spiro atoms. The van der Waals surface area contributed by atoms with Crippen LogP contribution in [0.15, 0.2) is 64.0 Å². The van der Waals surface area contributed by atoms with Crippen LogP contribution in [-0.4, -0.2) is 56.0 Å². The number of amides is 2. The molecule has 1 atom stereocenters. The van der Waals surface area contributed by atoms with E-state index >= 15 is 0 Å². The van der Waals surface area contributed by atoms with Gasteiger partial charge in [0.15, 0.2) is 17.8 Å². The Bertz CT molecular complexity index is 1150. The molecule has 0 aliphatic carbocycles. The number of hydrogen-bond acceptors (Lipinski definition) is 7. The first kappa shape index (κ1) is 24.4. The van der Waals surface area contributed by atoms with Gasteiger partial charge in [-0.2, -0.15) is 0 Å². The van der Waals surface area contributed by atoms with Gasteiger partial charge in [-0.15, -0.1) is 0 Å². The van der Waals surface area contributed by atoms with E-state index in [-0.39, 0.29) is 18.0 Å². The van der Waals surface area contributed by atoms with Crippen LogP contribution in [0.25, 0.3) is 11.0 Å². The Hall–Kier alpha value is -3.69. The highest BCUT2D eigenvalue weighted by Crippen LogP contribution is 2.21. The lowest BCUT2D eigenvalue weighted by molar-refractivity contribution is -0.120. The number of para-hydroxylation sites is 1. The molecule has 0 fully saturated rings. The fraction of sp³-hybridized carbons (Fsp3) is 0.346. The number of hydroxylamine groups is 1. The van der Waals surface area contributed by atoms with E-state index < -0.39 is 0 Å². The molecule has 0 bridgehead atoms. The highest BCUT2D eigenvalue weighted by Gasteiger charge is 2.21. The molecule has 2 heterocycles. The quantitative estimate of drug-likeness (QED) is 0.392. The number of benzene rings is 2. The number of likely N-dealkylation sites (N-methyl/N-ethyl adjacent to an activating group) is 1. The normalized spacial score (nSPS) is 15.2. The molecule has 4 rings (SSSR count). The van der Waals surface area contributed by atoms with Crippen LogP contribution in [0.4, 0.5) is 5.69 Å². The molecular weight excluding hydrogens is 446 g/mol. The van der Waals surface area contributed by atoms with Crippen LogP contribution in [0.1, 0.15) is 30.6 Å². The predicted molar refractivity (Wildman–Crippen MR) is 135 cm³/mol. The molecule has 1 aliphatic heterocycles. The molecule has 3 N–H and O–H groups in total. The SMILES string of the molecule is CN(C)CCNC(=O)Cc1ccc(NC(=O)CCCC2N=C(c3cc4ccccc4o3)NO2)cc1. The number of furan rings is 1. The van der Waals surface area contributed by atoms with Gasteiger partial charge in [0.05, 0.1) is 6.42 Å². The molecule has 1 unspecified atom stereocenters. The highest BCUT2D eigenvalue weighted by atomic mass is 16.7. The van der Waals surface area contributed by atoms with Crippen molar-refractivity contribution < 1.29 is 18.8 Å². The Labute approximate surface area is 204 Å². The van der Waals surface area contributed by atoms with E-state index in [2.05, 4.69) is 21.1 Å². The monoisotopic (exact) mass is 477 g/mol. The fourth-order valence-electron chi connectivity index (χ4n) is 3.69. The van der Waals surface area contributed by atoms with Crippen LogP contribution >= 0.6 is 0 Å². The molecule has 0 saturated heterocycles. The summed E-state index contributed by atoms with van der Waals surface area (Å²) in [6.07, 6.45) is 1.53. The minimum atomic E-state index is -0.367. The highest BCUT2D eigenvalue weighted by molar-refractivity contribution is 5.99. The van der Waals surface area contributed by atoms with Crippen LogP contribution in [0, 0.1) is 0 Å². The molecule has 9 heteroatoms. The molecule has 2 aromatic carbocycles. The summed E-state index contributed by atoms with van der Waals surface area (Å²) in [5.74, 6) is 1.09. The maximum absolute atomic E-state index is 12.3. The van der Waals surface area contributed by atoms with Gasteiger partial charge in [-0.05, 0) is 56.8 Å². The molecule has 2 amide bonds. The Kier molecular flexibility index (Phi) is 8.12. The lowest BCUT2D eigenvalue weighted by Crippen LogP contribution is -2.32. The van der Waals surface area contributed by atoms with Crippen LogP contribution in [0.5, 0.6) is 0 Å². The van der Waals surface area contributed by atoms with Gasteiger partial charge in [0.1, 0.15) is 5.58 Å². The fourth-order valence-corrected chi connectivity index (χ4v) is 3.69. The largest absolute Gasteiger partial charge is 0.453 e. The van der Waals surface area contributed by atoms with Crippen LogP contribution in [0.3, 0.4) is 0 Å². The summed E-state index contributed by atoms with van der Waals surface area (Å²) in [5, 5.41) is 6.79. The lowest BCUT2D eigenvalue weighted by atomic mass is 10.1. The third-order valence-corrected chi connectivity index (χ3v) is 5.56. The summed E-state index contributed by atoms with van der Waals surface area (Å²) >= 11 is 0. The predicted octanol–water partition coefficient (Wildman–Crippen LogP) is 3.07. The van der Waals surface area contributed by atoms with E-state index in [1.807, 2.05) is 73.6 Å². The number of rotatable bonds is 11. The molecule has 9 nitrogen and oxygen atoms in total. The second-order valence-electron chi connectivity index (χ2n) is 8.77. The zero-order valence-electron chi connectivity index (χ0n) is 20.0. The summed E-state index contributed by atoms with van der Waals surface area (Å²) in [7, 11) is 3.93. The molecule has 35 heavy (non-hydrogen) atoms. The van der Waals surface area contributed by atoms with Crippen molar-refractivity contribution in [1.82, 2.24) is 15.7 Å². The van der Waals surface area contributed by atoms with E-state index in [1.165, 1.54) is 0 Å². The topological polar surface area (TPSA) is 108 Å². The number of aliphatic imine (C=N–C) groups is 1. The maximum atomic E-state index is 12.3. The average molecular weight is 478 g/mol. The molecule has 1 aromatic heterocycles. The second kappa shape index (κ2) is 11.6. The van der Waals surface area contributed by atoms with Crippen molar-refractivity contribution in [3.63, 3.8) is 0 Å². The smallest absolute Gasteiger partial charge is 0.224 e. The van der Waals surface area contributed by atoms with E-state index in [0.29, 0.717) is 49.5 Å². The third-order valence-electron chi connectivity index (χ3n) is 5.56. The van der Waals surface area contributed by atoms with E-state index in [9.17, 15) is 9.59 Å². The molecule has 3 aromatic rings. The number of fused-ring (bicyclic) bond motifs is 1. The third kappa shape index (κ3) is 7.14. The van der Waals surface area contributed by atoms with Crippen molar-refractivity contribution in [2.75, 3.05) is 32.5 Å². The molecule has 1 aliphatic rings. The van der Waals surface area contributed by atoms with Crippen LogP contribution in [0.2, 0.25) is 0 Å². The summed E-state index contributed by atoms with van der Waals surface area (Å²) in [6, 6.07) is 17.0. The van der Waals surface area contributed by atoms with E-state index in [1.54, 1.807) is 0 Å². The van der Waals surface area contributed by atoms with Gasteiger partial charge in [0, 0.05) is 30.6 Å². The van der Waals surface area contributed by atoms with Crippen molar-refractivity contribution in [2.24, 2.45) is 4.99 Å². The summed E-state index contributed by atoms with van der Waals surface area (Å²) < 4.78 is 5.80. The molecule has 184 valence electrons. The minimum absolute atomic E-state index is 0.0154. The standard InChI is InChI=1S/C26H31N5O4/c1-31(2)15-14-27-24(33)16-18-10-12-20(13-11-18)28-23(32)8-5-9-25-29-26(30-35-25)22-17-19-6-3-4-7-21(19)34-22/h3-4,6-7,10-13,17,25H,5,8-9,14-16H2,1-2H3,(H,27,33)(H,28,32)(H,29,30). The van der Waals surface area contributed by atoms with Crippen molar-refractivity contribution >= 4 is 34.3 Å². The number of anilines is 1. The number of nitrogens with one attached hydrogen (secondary N) is 3. The Morgan fingerprint density at radius 3 is 2.66 bits per heavy atom. The first-order valence-electron chi connectivity index (χ1n) is 11.7. The Morgan fingerprint density at radius 2 is 1.89 bits per heavy atom. The first-order chi connectivity index (χ1) is 17.0.